The number of likely N-dealkylation sites (tertiary alicyclic amines) is 1. The lowest BCUT2D eigenvalue weighted by molar-refractivity contribution is -0.160. The molecule has 0 aliphatic carbocycles. The molecule has 0 N–H and O–H groups in total. The molecule has 1 aliphatic heterocycles. The minimum Gasteiger partial charge on any atom is -0.459 e. The SMILES string of the molecule is CC(C)(C)OC(=O)[C@H]1CCCN1Cc1ccc(Br)s1. The lowest BCUT2D eigenvalue weighted by atomic mass is 10.1. The summed E-state index contributed by atoms with van der Waals surface area (Å²) in [4.78, 5) is 15.7. The largest absolute Gasteiger partial charge is 0.459 e. The molecule has 0 bridgehead atoms. The summed E-state index contributed by atoms with van der Waals surface area (Å²) >= 11 is 5.20. The van der Waals surface area contributed by atoms with E-state index in [0.29, 0.717) is 0 Å². The number of rotatable bonds is 3. The second kappa shape index (κ2) is 5.94. The highest BCUT2D eigenvalue weighted by atomic mass is 79.9. The van der Waals surface area contributed by atoms with Crippen LogP contribution < -0.4 is 0 Å². The van der Waals surface area contributed by atoms with E-state index in [2.05, 4.69) is 33.0 Å². The second-order valence-electron chi connectivity index (χ2n) is 5.87. The lowest BCUT2D eigenvalue weighted by Crippen LogP contribution is -2.39. The van der Waals surface area contributed by atoms with Crippen molar-refractivity contribution in [3.63, 3.8) is 0 Å². The van der Waals surface area contributed by atoms with E-state index in [1.54, 1.807) is 11.3 Å². The van der Waals surface area contributed by atoms with Crippen LogP contribution in [0.3, 0.4) is 0 Å². The van der Waals surface area contributed by atoms with E-state index in [0.717, 1.165) is 29.7 Å². The zero-order valence-electron chi connectivity index (χ0n) is 11.6. The van der Waals surface area contributed by atoms with E-state index in [1.807, 2.05) is 20.8 Å². The fraction of sp³-hybridized carbons (Fsp3) is 0.643. The van der Waals surface area contributed by atoms with Crippen molar-refractivity contribution in [1.29, 1.82) is 0 Å². The third-order valence-corrected chi connectivity index (χ3v) is 4.64. The number of esters is 1. The highest BCUT2D eigenvalue weighted by Gasteiger charge is 2.34. The first-order valence-corrected chi connectivity index (χ1v) is 8.17. The summed E-state index contributed by atoms with van der Waals surface area (Å²) in [5.41, 5.74) is -0.405. The third-order valence-electron chi connectivity index (χ3n) is 3.03. The first-order valence-electron chi connectivity index (χ1n) is 6.56. The molecule has 2 heterocycles. The van der Waals surface area contributed by atoms with Gasteiger partial charge in [0.15, 0.2) is 0 Å². The van der Waals surface area contributed by atoms with Crippen LogP contribution in [0.4, 0.5) is 0 Å². The van der Waals surface area contributed by atoms with Crippen LogP contribution in [0.15, 0.2) is 15.9 Å². The number of hydrogen-bond acceptors (Lipinski definition) is 4. The number of ether oxygens (including phenoxy) is 1. The van der Waals surface area contributed by atoms with Crippen LogP contribution in [0.25, 0.3) is 0 Å². The Hall–Kier alpha value is -0.390. The van der Waals surface area contributed by atoms with Crippen molar-refractivity contribution in [2.75, 3.05) is 6.54 Å². The van der Waals surface area contributed by atoms with Crippen molar-refractivity contribution in [3.05, 3.63) is 20.8 Å². The molecule has 0 unspecified atom stereocenters. The Bertz CT molecular complexity index is 453. The van der Waals surface area contributed by atoms with E-state index in [9.17, 15) is 4.79 Å². The van der Waals surface area contributed by atoms with Crippen molar-refractivity contribution < 1.29 is 9.53 Å². The van der Waals surface area contributed by atoms with Crippen LogP contribution in [0.5, 0.6) is 0 Å². The molecular weight excluding hydrogens is 326 g/mol. The quantitative estimate of drug-likeness (QED) is 0.780. The maximum atomic E-state index is 12.2. The van der Waals surface area contributed by atoms with Crippen LogP contribution in [-0.4, -0.2) is 29.1 Å². The predicted octanol–water partition coefficient (Wildman–Crippen LogP) is 3.82. The number of halogens is 1. The predicted molar refractivity (Wildman–Crippen MR) is 81.3 cm³/mol. The van der Waals surface area contributed by atoms with Crippen LogP contribution in [0, 0.1) is 0 Å². The fourth-order valence-corrected chi connectivity index (χ4v) is 3.80. The zero-order chi connectivity index (χ0) is 14.0. The minimum atomic E-state index is -0.405. The standard InChI is InChI=1S/C14H20BrNO2S/c1-14(2,3)18-13(17)11-5-4-8-16(11)9-10-6-7-12(15)19-10/h6-7,11H,4-5,8-9H2,1-3H3/t11-/m1/s1. The molecule has 1 saturated heterocycles. The number of nitrogens with zero attached hydrogens (tertiary/aromatic N) is 1. The fourth-order valence-electron chi connectivity index (χ4n) is 2.29. The van der Waals surface area contributed by atoms with Gasteiger partial charge in [0.2, 0.25) is 0 Å². The average Bonchev–Trinajstić information content (AvgIpc) is 2.86. The highest BCUT2D eigenvalue weighted by molar-refractivity contribution is 9.11. The van der Waals surface area contributed by atoms with Gasteiger partial charge in [0.1, 0.15) is 11.6 Å². The van der Waals surface area contributed by atoms with Crippen LogP contribution in [0.2, 0.25) is 0 Å². The summed E-state index contributed by atoms with van der Waals surface area (Å²) in [6.45, 7) is 7.56. The molecule has 106 valence electrons. The first-order chi connectivity index (χ1) is 8.85. The molecule has 0 radical (unpaired) electrons. The van der Waals surface area contributed by atoms with Crippen LogP contribution >= 0.6 is 27.3 Å². The van der Waals surface area contributed by atoms with Gasteiger partial charge in [-0.25, -0.2) is 0 Å². The molecule has 0 aromatic carbocycles. The monoisotopic (exact) mass is 345 g/mol. The molecule has 5 heteroatoms. The van der Waals surface area contributed by atoms with Gasteiger partial charge in [0, 0.05) is 11.4 Å². The molecule has 1 aliphatic rings. The van der Waals surface area contributed by atoms with Gasteiger partial charge in [-0.15, -0.1) is 11.3 Å². The molecular formula is C14H20BrNO2S. The molecule has 1 atom stereocenters. The van der Waals surface area contributed by atoms with Gasteiger partial charge in [0.05, 0.1) is 3.79 Å². The summed E-state index contributed by atoms with van der Waals surface area (Å²) in [6.07, 6.45) is 1.97. The molecule has 1 aromatic rings. The third kappa shape index (κ3) is 4.29. The number of hydrogen-bond donors (Lipinski definition) is 0. The van der Waals surface area contributed by atoms with Gasteiger partial charge in [-0.2, -0.15) is 0 Å². The Morgan fingerprint density at radius 1 is 1.53 bits per heavy atom. The van der Waals surface area contributed by atoms with Gasteiger partial charge in [0.25, 0.3) is 0 Å². The van der Waals surface area contributed by atoms with Crippen LogP contribution in [-0.2, 0) is 16.1 Å². The smallest absolute Gasteiger partial charge is 0.323 e. The molecule has 19 heavy (non-hydrogen) atoms. The van der Waals surface area contributed by atoms with Crippen molar-refractivity contribution >= 4 is 33.2 Å². The molecule has 2 rings (SSSR count). The number of thiophene rings is 1. The normalized spacial score (nSPS) is 20.7. The van der Waals surface area contributed by atoms with Crippen molar-refractivity contribution in [3.8, 4) is 0 Å². The van der Waals surface area contributed by atoms with E-state index < -0.39 is 5.60 Å². The van der Waals surface area contributed by atoms with Crippen molar-refractivity contribution in [2.45, 2.75) is 51.8 Å². The Labute approximate surface area is 127 Å². The van der Waals surface area contributed by atoms with Crippen LogP contribution in [0.1, 0.15) is 38.5 Å². The number of carbonyl (C=O) groups is 1. The summed E-state index contributed by atoms with van der Waals surface area (Å²) in [6, 6.07) is 4.08. The maximum absolute atomic E-state index is 12.2. The minimum absolute atomic E-state index is 0.0828. The molecule has 1 fully saturated rings. The Morgan fingerprint density at radius 2 is 2.26 bits per heavy atom. The van der Waals surface area contributed by atoms with E-state index in [1.165, 1.54) is 4.88 Å². The molecule has 1 aromatic heterocycles. The molecule has 0 saturated carbocycles. The molecule has 0 amide bonds. The van der Waals surface area contributed by atoms with E-state index in [4.69, 9.17) is 4.74 Å². The van der Waals surface area contributed by atoms with Gasteiger partial charge in [-0.05, 0) is 68.2 Å². The maximum Gasteiger partial charge on any atom is 0.323 e. The van der Waals surface area contributed by atoms with Crippen molar-refractivity contribution in [2.24, 2.45) is 0 Å². The van der Waals surface area contributed by atoms with Gasteiger partial charge in [-0.1, -0.05) is 0 Å². The summed E-state index contributed by atoms with van der Waals surface area (Å²) in [7, 11) is 0. The highest BCUT2D eigenvalue weighted by Crippen LogP contribution is 2.27. The summed E-state index contributed by atoms with van der Waals surface area (Å²) in [5, 5.41) is 0. The van der Waals surface area contributed by atoms with Gasteiger partial charge >= 0.3 is 5.97 Å². The zero-order valence-corrected chi connectivity index (χ0v) is 14.0. The summed E-state index contributed by atoms with van der Waals surface area (Å²) < 4.78 is 6.64. The van der Waals surface area contributed by atoms with Crippen molar-refractivity contribution in [1.82, 2.24) is 4.90 Å². The topological polar surface area (TPSA) is 29.5 Å². The number of carbonyl (C=O) groups excluding carboxylic acids is 1. The summed E-state index contributed by atoms with van der Waals surface area (Å²) in [5.74, 6) is -0.0828. The lowest BCUT2D eigenvalue weighted by Gasteiger charge is -2.27. The molecule has 0 spiro atoms. The first kappa shape index (κ1) is 15.0. The average molecular weight is 346 g/mol. The Balaban J connectivity index is 1.98. The Morgan fingerprint density at radius 3 is 2.84 bits per heavy atom. The van der Waals surface area contributed by atoms with E-state index in [-0.39, 0.29) is 12.0 Å². The van der Waals surface area contributed by atoms with E-state index >= 15 is 0 Å². The molecule has 3 nitrogen and oxygen atoms in total. The van der Waals surface area contributed by atoms with Gasteiger partial charge in [-0.3, -0.25) is 9.69 Å². The van der Waals surface area contributed by atoms with Gasteiger partial charge < -0.3 is 4.74 Å². The second-order valence-corrected chi connectivity index (χ2v) is 8.42. The Kier molecular flexibility index (Phi) is 4.69.